The van der Waals surface area contributed by atoms with Crippen LogP contribution in [0, 0.1) is 11.6 Å². The molecule has 1 saturated heterocycles. The molecule has 2 amide bonds. The number of carbonyl (C=O) groups excluding carboxylic acids is 1. The minimum Gasteiger partial charge on any atom is -0.394 e. The summed E-state index contributed by atoms with van der Waals surface area (Å²) in [5.41, 5.74) is 1.11. The molecule has 1 atom stereocenters. The zero-order valence-electron chi connectivity index (χ0n) is 16.5. The Morgan fingerprint density at radius 1 is 1.23 bits per heavy atom. The van der Waals surface area contributed by atoms with Gasteiger partial charge in [-0.1, -0.05) is 11.3 Å². The highest BCUT2D eigenvalue weighted by molar-refractivity contribution is 7.22. The fourth-order valence-corrected chi connectivity index (χ4v) is 4.28. The number of urea groups is 1. The number of hydrogen-bond donors (Lipinski definition) is 3. The molecule has 31 heavy (non-hydrogen) atoms. The minimum atomic E-state index is -0.955. The number of nitrogens with one attached hydrogen (secondary N) is 1. The van der Waals surface area contributed by atoms with E-state index in [2.05, 4.69) is 15.3 Å². The second kappa shape index (κ2) is 9.08. The van der Waals surface area contributed by atoms with Crippen molar-refractivity contribution >= 4 is 38.5 Å². The monoisotopic (exact) mass is 449 g/mol. The molecule has 1 aliphatic rings. The van der Waals surface area contributed by atoms with Gasteiger partial charge in [-0.3, -0.25) is 5.32 Å². The molecule has 1 aliphatic heterocycles. The summed E-state index contributed by atoms with van der Waals surface area (Å²) in [6.45, 7) is 1.15. The van der Waals surface area contributed by atoms with Crippen LogP contribution < -0.4 is 10.2 Å². The number of aromatic nitrogens is 2. The van der Waals surface area contributed by atoms with Gasteiger partial charge in [-0.25, -0.2) is 23.5 Å². The van der Waals surface area contributed by atoms with Crippen LogP contribution in [-0.2, 0) is 6.42 Å². The van der Waals surface area contributed by atoms with E-state index in [4.69, 9.17) is 5.11 Å². The smallest absolute Gasteiger partial charge is 0.323 e. The molecule has 0 radical (unpaired) electrons. The fraction of sp³-hybridized carbons (Fsp3) is 0.350. The molecule has 8 nitrogen and oxygen atoms in total. The molecule has 1 aromatic carbocycles. The third kappa shape index (κ3) is 4.89. The van der Waals surface area contributed by atoms with E-state index in [1.54, 1.807) is 15.9 Å². The molecular formula is C20H21F2N5O3S. The summed E-state index contributed by atoms with van der Waals surface area (Å²) in [6, 6.07) is 5.24. The maximum atomic E-state index is 14.5. The Labute approximate surface area is 180 Å². The number of thiazole rings is 1. The van der Waals surface area contributed by atoms with E-state index in [0.29, 0.717) is 47.1 Å². The number of anilines is 2. The van der Waals surface area contributed by atoms with Gasteiger partial charge in [-0.05, 0) is 29.8 Å². The van der Waals surface area contributed by atoms with Gasteiger partial charge in [0.1, 0.15) is 5.82 Å². The SMILES string of the molecule is O=C(Nc1nc2ccc(F)cc2s1)N1CCN(c2ncc(C[C@@H](O)CO)cc2F)CC1. The third-order valence-corrected chi connectivity index (χ3v) is 5.92. The predicted octanol–water partition coefficient (Wildman–Crippen LogP) is 2.22. The summed E-state index contributed by atoms with van der Waals surface area (Å²) in [5, 5.41) is 21.5. The van der Waals surface area contributed by atoms with Gasteiger partial charge in [-0.15, -0.1) is 0 Å². The van der Waals surface area contributed by atoms with Crippen LogP contribution in [0.5, 0.6) is 0 Å². The van der Waals surface area contributed by atoms with Crippen molar-refractivity contribution in [3.05, 3.63) is 47.7 Å². The molecule has 164 valence electrons. The standard InChI is InChI=1S/C20H21F2N5O3S/c21-13-1-2-16-17(9-13)31-19(24-16)25-20(30)27-5-3-26(4-6-27)18-15(22)8-12(10-23-18)7-14(29)11-28/h1-2,8-10,14,28-29H,3-7,11H2,(H,24,25,30)/t14-/m1/s1. The van der Waals surface area contributed by atoms with Gasteiger partial charge in [0.25, 0.3) is 0 Å². The molecule has 3 N–H and O–H groups in total. The van der Waals surface area contributed by atoms with Crippen molar-refractivity contribution in [2.45, 2.75) is 12.5 Å². The molecule has 1 fully saturated rings. The number of rotatable bonds is 5. The van der Waals surface area contributed by atoms with Crippen LogP contribution in [-0.4, -0.2) is 70.0 Å². The Hall–Kier alpha value is -2.89. The lowest BCUT2D eigenvalue weighted by Gasteiger charge is -2.35. The summed E-state index contributed by atoms with van der Waals surface area (Å²) in [5.74, 6) is -0.679. The summed E-state index contributed by atoms with van der Waals surface area (Å²) in [4.78, 5) is 24.4. The number of amides is 2. The first-order valence-electron chi connectivity index (χ1n) is 9.73. The molecule has 3 heterocycles. The highest BCUT2D eigenvalue weighted by Gasteiger charge is 2.24. The van der Waals surface area contributed by atoms with Crippen molar-refractivity contribution < 1.29 is 23.8 Å². The molecule has 0 saturated carbocycles. The van der Waals surface area contributed by atoms with Crippen LogP contribution in [0.15, 0.2) is 30.5 Å². The number of halogens is 2. The summed E-state index contributed by atoms with van der Waals surface area (Å²) < 4.78 is 28.5. The molecule has 0 aliphatic carbocycles. The van der Waals surface area contributed by atoms with Gasteiger partial charge in [0.15, 0.2) is 16.8 Å². The average molecular weight is 449 g/mol. The van der Waals surface area contributed by atoms with Crippen LogP contribution in [0.2, 0.25) is 0 Å². The highest BCUT2D eigenvalue weighted by atomic mass is 32.1. The number of piperazine rings is 1. The van der Waals surface area contributed by atoms with Crippen LogP contribution in [0.4, 0.5) is 24.5 Å². The quantitative estimate of drug-likeness (QED) is 0.552. The lowest BCUT2D eigenvalue weighted by Crippen LogP contribution is -2.50. The van der Waals surface area contributed by atoms with Crippen molar-refractivity contribution in [3.63, 3.8) is 0 Å². The number of aliphatic hydroxyl groups excluding tert-OH is 2. The number of fused-ring (bicyclic) bond motifs is 1. The van der Waals surface area contributed by atoms with Gasteiger partial charge in [0, 0.05) is 38.8 Å². The minimum absolute atomic E-state index is 0.118. The van der Waals surface area contributed by atoms with Gasteiger partial charge < -0.3 is 20.0 Å². The molecule has 3 aromatic rings. The lowest BCUT2D eigenvalue weighted by molar-refractivity contribution is 0.0954. The average Bonchev–Trinajstić information content (AvgIpc) is 3.15. The number of carbonyl (C=O) groups is 1. The van der Waals surface area contributed by atoms with Crippen LogP contribution >= 0.6 is 11.3 Å². The summed E-state index contributed by atoms with van der Waals surface area (Å²) in [7, 11) is 0. The summed E-state index contributed by atoms with van der Waals surface area (Å²) in [6.07, 6.45) is 0.642. The Kier molecular flexibility index (Phi) is 6.25. The van der Waals surface area contributed by atoms with Gasteiger partial charge in [0.05, 0.1) is 22.9 Å². The van der Waals surface area contributed by atoms with Crippen molar-refractivity contribution in [1.29, 1.82) is 0 Å². The maximum Gasteiger partial charge on any atom is 0.323 e. The van der Waals surface area contributed by atoms with Gasteiger partial charge in [-0.2, -0.15) is 0 Å². The summed E-state index contributed by atoms with van der Waals surface area (Å²) >= 11 is 1.20. The van der Waals surface area contributed by atoms with E-state index in [9.17, 15) is 18.7 Å². The molecular weight excluding hydrogens is 428 g/mol. The number of hydrogen-bond acceptors (Lipinski definition) is 7. The maximum absolute atomic E-state index is 14.5. The van der Waals surface area contributed by atoms with Gasteiger partial charge in [0.2, 0.25) is 0 Å². The number of nitrogens with zero attached hydrogens (tertiary/aromatic N) is 4. The second-order valence-corrected chi connectivity index (χ2v) is 8.26. The van der Waals surface area contributed by atoms with E-state index < -0.39 is 18.5 Å². The molecule has 0 bridgehead atoms. The Bertz CT molecular complexity index is 1090. The number of aliphatic hydroxyl groups is 2. The highest BCUT2D eigenvalue weighted by Crippen LogP contribution is 2.27. The van der Waals surface area contributed by atoms with Gasteiger partial charge >= 0.3 is 6.03 Å². The van der Waals surface area contributed by atoms with Crippen molar-refractivity contribution in [2.24, 2.45) is 0 Å². The van der Waals surface area contributed by atoms with E-state index in [1.165, 1.54) is 35.7 Å². The van der Waals surface area contributed by atoms with E-state index in [0.717, 1.165) is 0 Å². The van der Waals surface area contributed by atoms with Crippen molar-refractivity contribution in [1.82, 2.24) is 14.9 Å². The Morgan fingerprint density at radius 3 is 2.71 bits per heavy atom. The normalized spacial score (nSPS) is 15.4. The topological polar surface area (TPSA) is 102 Å². The largest absolute Gasteiger partial charge is 0.394 e. The first-order chi connectivity index (χ1) is 14.9. The fourth-order valence-electron chi connectivity index (χ4n) is 3.40. The van der Waals surface area contributed by atoms with Crippen LogP contribution in [0.1, 0.15) is 5.56 Å². The van der Waals surface area contributed by atoms with Crippen molar-refractivity contribution in [2.75, 3.05) is 43.0 Å². The molecule has 11 heteroatoms. The van der Waals surface area contributed by atoms with E-state index in [1.807, 2.05) is 0 Å². The molecule has 0 unspecified atom stereocenters. The van der Waals surface area contributed by atoms with Crippen LogP contribution in [0.3, 0.4) is 0 Å². The molecule has 4 rings (SSSR count). The second-order valence-electron chi connectivity index (χ2n) is 7.22. The molecule has 2 aromatic heterocycles. The Morgan fingerprint density at radius 2 is 2.00 bits per heavy atom. The van der Waals surface area contributed by atoms with E-state index in [-0.39, 0.29) is 24.1 Å². The third-order valence-electron chi connectivity index (χ3n) is 4.99. The Balaban J connectivity index is 1.35. The van der Waals surface area contributed by atoms with Crippen molar-refractivity contribution in [3.8, 4) is 0 Å². The zero-order valence-corrected chi connectivity index (χ0v) is 17.3. The number of benzene rings is 1. The molecule has 0 spiro atoms. The first-order valence-corrected chi connectivity index (χ1v) is 10.5. The van der Waals surface area contributed by atoms with E-state index >= 15 is 0 Å². The first kappa shape index (κ1) is 21.3. The van der Waals surface area contributed by atoms with Crippen LogP contribution in [0.25, 0.3) is 10.2 Å². The lowest BCUT2D eigenvalue weighted by atomic mass is 10.1. The zero-order chi connectivity index (χ0) is 22.0. The predicted molar refractivity (Wildman–Crippen MR) is 113 cm³/mol. The number of pyridine rings is 1.